The Morgan fingerprint density at radius 2 is 2.07 bits per heavy atom. The quantitative estimate of drug-likeness (QED) is 0.317. The normalized spacial score (nSPS) is 11.8. The van der Waals surface area contributed by atoms with Crippen LogP contribution in [0.5, 0.6) is 0 Å². The molecule has 0 fully saturated rings. The second kappa shape index (κ2) is 10.3. The minimum Gasteiger partial charge on any atom is -0.459 e. The molecule has 1 aromatic carbocycles. The molecule has 2 rings (SSSR count). The summed E-state index contributed by atoms with van der Waals surface area (Å²) in [6, 6.07) is 11.9. The summed E-state index contributed by atoms with van der Waals surface area (Å²) in [6.45, 7) is 7.16. The number of para-hydroxylation sites is 1. The molecule has 1 heterocycles. The van der Waals surface area contributed by atoms with Crippen molar-refractivity contribution in [2.24, 2.45) is 5.92 Å². The molecular formula is C21H25N3O3. The lowest BCUT2D eigenvalue weighted by molar-refractivity contribution is -0.140. The Balaban J connectivity index is 2.12. The number of carbonyl (C=O) groups is 1. The number of pyridine rings is 1. The van der Waals surface area contributed by atoms with E-state index in [1.54, 1.807) is 6.20 Å². The number of allylic oxidation sites excluding steroid dienone is 1. The molecule has 1 aromatic heterocycles. The molecule has 142 valence electrons. The van der Waals surface area contributed by atoms with Crippen LogP contribution in [0, 0.1) is 17.2 Å². The highest BCUT2D eigenvalue weighted by molar-refractivity contribution is 5.93. The molecule has 6 nitrogen and oxygen atoms in total. The number of hydrogen-bond donors (Lipinski definition) is 1. The summed E-state index contributed by atoms with van der Waals surface area (Å²) < 4.78 is 10.3. The monoisotopic (exact) mass is 367 g/mol. The number of nitriles is 1. The van der Waals surface area contributed by atoms with Crippen molar-refractivity contribution >= 4 is 16.9 Å². The number of hydrogen-bond acceptors (Lipinski definition) is 6. The molecule has 0 saturated heterocycles. The number of fused-ring (bicyclic) bond motifs is 1. The SMILES string of the molecule is CCOCCOC(=O)/C(C#N)=C(\NCc1cnc2ccccc2c1)C(C)C. The van der Waals surface area contributed by atoms with Gasteiger partial charge in [0.1, 0.15) is 12.7 Å². The van der Waals surface area contributed by atoms with Gasteiger partial charge in [-0.2, -0.15) is 5.26 Å². The lowest BCUT2D eigenvalue weighted by Crippen LogP contribution is -2.23. The Kier molecular flexibility index (Phi) is 7.78. The summed E-state index contributed by atoms with van der Waals surface area (Å²) in [7, 11) is 0. The molecule has 0 radical (unpaired) electrons. The highest BCUT2D eigenvalue weighted by Gasteiger charge is 2.19. The zero-order valence-corrected chi connectivity index (χ0v) is 16.0. The van der Waals surface area contributed by atoms with Gasteiger partial charge in [0.2, 0.25) is 0 Å². The van der Waals surface area contributed by atoms with Crippen LogP contribution in [0.15, 0.2) is 47.8 Å². The average molecular weight is 367 g/mol. The number of nitrogens with zero attached hydrogens (tertiary/aromatic N) is 2. The molecule has 2 aromatic rings. The van der Waals surface area contributed by atoms with E-state index in [0.717, 1.165) is 16.5 Å². The van der Waals surface area contributed by atoms with Crippen LogP contribution < -0.4 is 5.32 Å². The number of benzene rings is 1. The predicted octanol–water partition coefficient (Wildman–Crippen LogP) is 3.34. The summed E-state index contributed by atoms with van der Waals surface area (Å²) in [4.78, 5) is 16.7. The van der Waals surface area contributed by atoms with Crippen molar-refractivity contribution in [3.63, 3.8) is 0 Å². The third-order valence-corrected chi connectivity index (χ3v) is 3.96. The fourth-order valence-electron chi connectivity index (χ4n) is 2.62. The molecule has 0 saturated carbocycles. The topological polar surface area (TPSA) is 84.2 Å². The second-order valence-electron chi connectivity index (χ2n) is 6.28. The van der Waals surface area contributed by atoms with E-state index < -0.39 is 5.97 Å². The van der Waals surface area contributed by atoms with E-state index in [1.165, 1.54) is 0 Å². The second-order valence-corrected chi connectivity index (χ2v) is 6.28. The zero-order valence-electron chi connectivity index (χ0n) is 16.0. The molecule has 0 aliphatic rings. The Labute approximate surface area is 159 Å². The summed E-state index contributed by atoms with van der Waals surface area (Å²) in [5.41, 5.74) is 2.45. The van der Waals surface area contributed by atoms with E-state index in [0.29, 0.717) is 25.5 Å². The molecule has 0 bridgehead atoms. The van der Waals surface area contributed by atoms with Gasteiger partial charge in [0.05, 0.1) is 12.1 Å². The number of esters is 1. The van der Waals surface area contributed by atoms with Crippen molar-refractivity contribution in [3.05, 3.63) is 53.4 Å². The average Bonchev–Trinajstić information content (AvgIpc) is 2.67. The summed E-state index contributed by atoms with van der Waals surface area (Å²) in [5, 5.41) is 13.7. The Morgan fingerprint density at radius 3 is 2.78 bits per heavy atom. The van der Waals surface area contributed by atoms with Gasteiger partial charge in [-0.1, -0.05) is 32.0 Å². The van der Waals surface area contributed by atoms with Gasteiger partial charge in [-0.25, -0.2) is 4.79 Å². The minimum atomic E-state index is -0.634. The zero-order chi connectivity index (χ0) is 19.6. The van der Waals surface area contributed by atoms with Crippen LogP contribution in [0.3, 0.4) is 0 Å². The largest absolute Gasteiger partial charge is 0.459 e. The highest BCUT2D eigenvalue weighted by Crippen LogP contribution is 2.16. The molecule has 0 atom stereocenters. The van der Waals surface area contributed by atoms with Crippen LogP contribution in [-0.4, -0.2) is 30.8 Å². The fraction of sp³-hybridized carbons (Fsp3) is 0.381. The molecule has 1 N–H and O–H groups in total. The van der Waals surface area contributed by atoms with Crippen molar-refractivity contribution in [2.75, 3.05) is 19.8 Å². The van der Waals surface area contributed by atoms with E-state index in [1.807, 2.05) is 57.2 Å². The molecule has 0 spiro atoms. The molecule has 6 heteroatoms. The van der Waals surface area contributed by atoms with Gasteiger partial charge < -0.3 is 14.8 Å². The lowest BCUT2D eigenvalue weighted by Gasteiger charge is -2.16. The Bertz CT molecular complexity index is 853. The van der Waals surface area contributed by atoms with Crippen molar-refractivity contribution < 1.29 is 14.3 Å². The number of rotatable bonds is 9. The smallest absolute Gasteiger partial charge is 0.350 e. The summed E-state index contributed by atoms with van der Waals surface area (Å²) in [5.74, 6) is -0.669. The van der Waals surface area contributed by atoms with E-state index in [-0.39, 0.29) is 18.1 Å². The number of aromatic nitrogens is 1. The van der Waals surface area contributed by atoms with Gasteiger partial charge in [0.15, 0.2) is 5.57 Å². The van der Waals surface area contributed by atoms with E-state index in [9.17, 15) is 10.1 Å². The third kappa shape index (κ3) is 5.80. The number of carbonyl (C=O) groups excluding carboxylic acids is 1. The van der Waals surface area contributed by atoms with Crippen LogP contribution in [-0.2, 0) is 20.8 Å². The van der Waals surface area contributed by atoms with E-state index in [2.05, 4.69) is 10.3 Å². The minimum absolute atomic E-state index is 0.00440. The molecular weight excluding hydrogens is 342 g/mol. The first-order chi connectivity index (χ1) is 13.1. The first-order valence-electron chi connectivity index (χ1n) is 9.03. The van der Waals surface area contributed by atoms with Gasteiger partial charge >= 0.3 is 5.97 Å². The highest BCUT2D eigenvalue weighted by atomic mass is 16.6. The van der Waals surface area contributed by atoms with Crippen molar-refractivity contribution in [1.29, 1.82) is 5.26 Å². The van der Waals surface area contributed by atoms with Gasteiger partial charge in [-0.05, 0) is 30.5 Å². The van der Waals surface area contributed by atoms with E-state index in [4.69, 9.17) is 9.47 Å². The fourth-order valence-corrected chi connectivity index (χ4v) is 2.62. The van der Waals surface area contributed by atoms with Crippen molar-refractivity contribution in [1.82, 2.24) is 10.3 Å². The Hall–Kier alpha value is -2.91. The maximum absolute atomic E-state index is 12.3. The molecule has 27 heavy (non-hydrogen) atoms. The third-order valence-electron chi connectivity index (χ3n) is 3.96. The molecule has 0 amide bonds. The van der Waals surface area contributed by atoms with E-state index >= 15 is 0 Å². The van der Waals surface area contributed by atoms with Crippen LogP contribution in [0.25, 0.3) is 10.9 Å². The summed E-state index contributed by atoms with van der Waals surface area (Å²) >= 11 is 0. The maximum Gasteiger partial charge on any atom is 0.350 e. The van der Waals surface area contributed by atoms with Crippen LogP contribution in [0.2, 0.25) is 0 Å². The first-order valence-corrected chi connectivity index (χ1v) is 9.03. The maximum atomic E-state index is 12.3. The number of nitrogens with one attached hydrogen (secondary N) is 1. The molecule has 0 unspecified atom stereocenters. The van der Waals surface area contributed by atoms with Crippen LogP contribution in [0.4, 0.5) is 0 Å². The van der Waals surface area contributed by atoms with Gasteiger partial charge in [-0.15, -0.1) is 0 Å². The van der Waals surface area contributed by atoms with Crippen LogP contribution >= 0.6 is 0 Å². The predicted molar refractivity (Wildman–Crippen MR) is 104 cm³/mol. The van der Waals surface area contributed by atoms with Crippen molar-refractivity contribution in [3.8, 4) is 6.07 Å². The number of ether oxygens (including phenoxy) is 2. The lowest BCUT2D eigenvalue weighted by atomic mass is 10.0. The first kappa shape index (κ1) is 20.4. The summed E-state index contributed by atoms with van der Waals surface area (Å²) in [6.07, 6.45) is 1.79. The van der Waals surface area contributed by atoms with Crippen molar-refractivity contribution in [2.45, 2.75) is 27.3 Å². The van der Waals surface area contributed by atoms with Gasteiger partial charge in [0.25, 0.3) is 0 Å². The van der Waals surface area contributed by atoms with Crippen LogP contribution in [0.1, 0.15) is 26.3 Å². The molecule has 0 aliphatic heterocycles. The standard InChI is InChI=1S/C21H25N3O3/c1-4-26-9-10-27-21(25)18(12-22)20(15(2)3)24-14-16-11-17-7-5-6-8-19(17)23-13-16/h5-8,11,13,15,24H,4,9-10,14H2,1-3H3/b20-18-. The van der Waals surface area contributed by atoms with Gasteiger partial charge in [-0.3, -0.25) is 4.98 Å². The molecule has 0 aliphatic carbocycles. The van der Waals surface area contributed by atoms with Gasteiger partial charge in [0, 0.05) is 30.4 Å². The Morgan fingerprint density at radius 1 is 1.30 bits per heavy atom.